The third-order valence-electron chi connectivity index (χ3n) is 3.20. The zero-order valence-electron chi connectivity index (χ0n) is 11.5. The second kappa shape index (κ2) is 6.50. The molecule has 1 fully saturated rings. The predicted octanol–water partition coefficient (Wildman–Crippen LogP) is 2.04. The lowest BCUT2D eigenvalue weighted by molar-refractivity contribution is 0.0989. The number of nitrogens with one attached hydrogen (secondary N) is 1. The summed E-state index contributed by atoms with van der Waals surface area (Å²) in [6.07, 6.45) is 2.23. The lowest BCUT2D eigenvalue weighted by atomic mass is 10.2. The molecule has 0 bridgehead atoms. The van der Waals surface area contributed by atoms with Crippen molar-refractivity contribution in [2.75, 3.05) is 31.7 Å². The standard InChI is InChI=1S/C13H23N3OS/c1-4-5-11-12(8-14-3)18-13(15-11)16-6-7-17-9-10(16)2/h10,14H,4-9H2,1-3H3. The average molecular weight is 269 g/mol. The number of nitrogens with zero attached hydrogens (tertiary/aromatic N) is 2. The molecular weight excluding hydrogens is 246 g/mol. The van der Waals surface area contributed by atoms with E-state index in [9.17, 15) is 0 Å². The van der Waals surface area contributed by atoms with Crippen molar-refractivity contribution in [1.29, 1.82) is 0 Å². The fraction of sp³-hybridized carbons (Fsp3) is 0.769. The number of rotatable bonds is 5. The number of hydrogen-bond acceptors (Lipinski definition) is 5. The van der Waals surface area contributed by atoms with Crippen LogP contribution >= 0.6 is 11.3 Å². The smallest absolute Gasteiger partial charge is 0.186 e. The Balaban J connectivity index is 2.18. The summed E-state index contributed by atoms with van der Waals surface area (Å²) in [5, 5.41) is 4.40. The van der Waals surface area contributed by atoms with Crippen LogP contribution in [0.15, 0.2) is 0 Å². The lowest BCUT2D eigenvalue weighted by Crippen LogP contribution is -2.43. The Morgan fingerprint density at radius 2 is 2.39 bits per heavy atom. The Kier molecular flexibility index (Phi) is 4.97. The molecule has 1 aliphatic heterocycles. The van der Waals surface area contributed by atoms with E-state index in [1.807, 2.05) is 18.4 Å². The number of thiazole rings is 1. The molecule has 2 heterocycles. The number of anilines is 1. The average Bonchev–Trinajstić information content (AvgIpc) is 2.74. The predicted molar refractivity (Wildman–Crippen MR) is 76.5 cm³/mol. The first kappa shape index (κ1) is 13.8. The van der Waals surface area contributed by atoms with E-state index in [1.165, 1.54) is 15.7 Å². The summed E-state index contributed by atoms with van der Waals surface area (Å²) >= 11 is 1.83. The number of hydrogen-bond donors (Lipinski definition) is 1. The van der Waals surface area contributed by atoms with Crippen LogP contribution in [0.3, 0.4) is 0 Å². The maximum absolute atomic E-state index is 5.49. The summed E-state index contributed by atoms with van der Waals surface area (Å²) in [6, 6.07) is 0.432. The van der Waals surface area contributed by atoms with E-state index in [4.69, 9.17) is 9.72 Å². The molecule has 4 nitrogen and oxygen atoms in total. The second-order valence-electron chi connectivity index (χ2n) is 4.76. The van der Waals surface area contributed by atoms with Crippen molar-refractivity contribution in [2.24, 2.45) is 0 Å². The van der Waals surface area contributed by atoms with Crippen LogP contribution in [0.1, 0.15) is 30.8 Å². The highest BCUT2D eigenvalue weighted by Crippen LogP contribution is 2.29. The monoisotopic (exact) mass is 269 g/mol. The minimum absolute atomic E-state index is 0.432. The SMILES string of the molecule is CCCc1nc(N2CCOCC2C)sc1CNC. The van der Waals surface area contributed by atoms with Crippen LogP contribution in [-0.2, 0) is 17.7 Å². The van der Waals surface area contributed by atoms with Crippen molar-refractivity contribution in [1.82, 2.24) is 10.3 Å². The highest BCUT2D eigenvalue weighted by Gasteiger charge is 2.23. The number of ether oxygens (including phenoxy) is 1. The summed E-state index contributed by atoms with van der Waals surface area (Å²) in [6.45, 7) is 7.92. The zero-order chi connectivity index (χ0) is 13.0. The van der Waals surface area contributed by atoms with Gasteiger partial charge in [0.25, 0.3) is 0 Å². The quantitative estimate of drug-likeness (QED) is 0.887. The second-order valence-corrected chi connectivity index (χ2v) is 5.83. The first-order chi connectivity index (χ1) is 8.76. The Bertz CT molecular complexity index is 357. The highest BCUT2D eigenvalue weighted by atomic mass is 32.1. The molecule has 0 aromatic carbocycles. The summed E-state index contributed by atoms with van der Waals surface area (Å²) in [4.78, 5) is 8.61. The van der Waals surface area contributed by atoms with Gasteiger partial charge in [0.05, 0.1) is 24.9 Å². The molecule has 0 aliphatic carbocycles. The topological polar surface area (TPSA) is 37.4 Å². The van der Waals surface area contributed by atoms with Gasteiger partial charge < -0.3 is 15.0 Å². The van der Waals surface area contributed by atoms with Crippen LogP contribution in [-0.4, -0.2) is 37.8 Å². The van der Waals surface area contributed by atoms with E-state index in [1.54, 1.807) is 0 Å². The molecule has 5 heteroatoms. The van der Waals surface area contributed by atoms with E-state index in [0.29, 0.717) is 6.04 Å². The Labute approximate surface area is 113 Å². The highest BCUT2D eigenvalue weighted by molar-refractivity contribution is 7.15. The minimum atomic E-state index is 0.432. The van der Waals surface area contributed by atoms with Gasteiger partial charge in [-0.2, -0.15) is 0 Å². The van der Waals surface area contributed by atoms with Gasteiger partial charge >= 0.3 is 0 Å². The third-order valence-corrected chi connectivity index (χ3v) is 4.34. The van der Waals surface area contributed by atoms with Crippen LogP contribution in [0.4, 0.5) is 5.13 Å². The normalized spacial score (nSPS) is 20.4. The van der Waals surface area contributed by atoms with E-state index in [0.717, 1.165) is 39.1 Å². The van der Waals surface area contributed by atoms with Gasteiger partial charge in [0, 0.05) is 18.0 Å². The van der Waals surface area contributed by atoms with Crippen LogP contribution in [0.5, 0.6) is 0 Å². The Morgan fingerprint density at radius 3 is 3.06 bits per heavy atom. The summed E-state index contributed by atoms with van der Waals surface area (Å²) in [7, 11) is 1.99. The van der Waals surface area contributed by atoms with E-state index in [2.05, 4.69) is 24.1 Å². The molecule has 0 spiro atoms. The van der Waals surface area contributed by atoms with Crippen LogP contribution < -0.4 is 10.2 Å². The molecule has 2 rings (SSSR count). The minimum Gasteiger partial charge on any atom is -0.377 e. The van der Waals surface area contributed by atoms with Crippen LogP contribution in [0.25, 0.3) is 0 Å². The van der Waals surface area contributed by atoms with E-state index in [-0.39, 0.29) is 0 Å². The maximum atomic E-state index is 5.49. The van der Waals surface area contributed by atoms with Gasteiger partial charge in [-0.1, -0.05) is 13.3 Å². The summed E-state index contributed by atoms with van der Waals surface area (Å²) < 4.78 is 5.49. The fourth-order valence-electron chi connectivity index (χ4n) is 2.23. The molecule has 1 aliphatic rings. The Morgan fingerprint density at radius 1 is 1.56 bits per heavy atom. The number of aromatic nitrogens is 1. The molecule has 0 amide bonds. The van der Waals surface area contributed by atoms with Crippen molar-refractivity contribution < 1.29 is 4.74 Å². The molecule has 0 radical (unpaired) electrons. The lowest BCUT2D eigenvalue weighted by Gasteiger charge is -2.32. The third kappa shape index (κ3) is 3.02. The molecule has 1 atom stereocenters. The molecular formula is C13H23N3OS. The van der Waals surface area contributed by atoms with Crippen molar-refractivity contribution in [3.8, 4) is 0 Å². The van der Waals surface area contributed by atoms with Crippen molar-refractivity contribution in [3.05, 3.63) is 10.6 Å². The van der Waals surface area contributed by atoms with Gasteiger partial charge in [0.1, 0.15) is 0 Å². The van der Waals surface area contributed by atoms with Crippen LogP contribution in [0, 0.1) is 0 Å². The largest absolute Gasteiger partial charge is 0.377 e. The zero-order valence-corrected chi connectivity index (χ0v) is 12.3. The fourth-order valence-corrected chi connectivity index (χ4v) is 3.48. The Hall–Kier alpha value is -0.650. The van der Waals surface area contributed by atoms with E-state index >= 15 is 0 Å². The van der Waals surface area contributed by atoms with Gasteiger partial charge in [-0.25, -0.2) is 4.98 Å². The van der Waals surface area contributed by atoms with Crippen LogP contribution in [0.2, 0.25) is 0 Å². The first-order valence-electron chi connectivity index (χ1n) is 6.73. The van der Waals surface area contributed by atoms with Gasteiger partial charge in [-0.15, -0.1) is 11.3 Å². The maximum Gasteiger partial charge on any atom is 0.186 e. The van der Waals surface area contributed by atoms with Crippen molar-refractivity contribution in [2.45, 2.75) is 39.3 Å². The van der Waals surface area contributed by atoms with Gasteiger partial charge in [-0.3, -0.25) is 0 Å². The van der Waals surface area contributed by atoms with Gasteiger partial charge in [0.15, 0.2) is 5.13 Å². The molecule has 1 saturated heterocycles. The summed E-state index contributed by atoms with van der Waals surface area (Å²) in [5.74, 6) is 0. The molecule has 102 valence electrons. The van der Waals surface area contributed by atoms with E-state index < -0.39 is 0 Å². The molecule has 1 N–H and O–H groups in total. The summed E-state index contributed by atoms with van der Waals surface area (Å²) in [5.41, 5.74) is 1.27. The van der Waals surface area contributed by atoms with Crippen molar-refractivity contribution in [3.63, 3.8) is 0 Å². The molecule has 18 heavy (non-hydrogen) atoms. The van der Waals surface area contributed by atoms with Crippen molar-refractivity contribution >= 4 is 16.5 Å². The number of aryl methyl sites for hydroxylation is 1. The molecule has 1 unspecified atom stereocenters. The van der Waals surface area contributed by atoms with Gasteiger partial charge in [0.2, 0.25) is 0 Å². The first-order valence-corrected chi connectivity index (χ1v) is 7.55. The molecule has 1 aromatic heterocycles. The molecule has 0 saturated carbocycles. The number of morpholine rings is 1. The molecule has 1 aromatic rings. The van der Waals surface area contributed by atoms with Gasteiger partial charge in [-0.05, 0) is 20.4 Å².